The van der Waals surface area contributed by atoms with Crippen molar-refractivity contribution in [2.45, 2.75) is 10.2 Å². The zero-order valence-electron chi connectivity index (χ0n) is 10.0. The predicted octanol–water partition coefficient (Wildman–Crippen LogP) is 1.95. The Labute approximate surface area is 126 Å². The number of nitrogens with zero attached hydrogens (tertiary/aromatic N) is 6. The minimum atomic E-state index is 0.144. The second kappa shape index (κ2) is 5.55. The molecule has 0 atom stereocenters. The van der Waals surface area contributed by atoms with Crippen molar-refractivity contribution in [3.63, 3.8) is 0 Å². The lowest BCUT2D eigenvalue weighted by molar-refractivity contribution is 0.764. The molecule has 0 saturated carbocycles. The molecule has 3 aromatic heterocycles. The average Bonchev–Trinajstić information content (AvgIpc) is 2.95. The van der Waals surface area contributed by atoms with Crippen molar-refractivity contribution in [1.29, 1.82) is 0 Å². The Morgan fingerprint density at radius 1 is 1.20 bits per heavy atom. The van der Waals surface area contributed by atoms with E-state index in [1.807, 2.05) is 12.1 Å². The standard InChI is InChI=1S/C11H8BrN7S/c12-7-2-3-8(14-6-7)20-11-17-9(13)16-10(18-11)19-5-1-4-15-19/h1-6H,(H2,13,16,17,18). The monoisotopic (exact) mass is 349 g/mol. The number of hydrogen-bond donors (Lipinski definition) is 1. The van der Waals surface area contributed by atoms with Crippen molar-refractivity contribution in [3.05, 3.63) is 41.3 Å². The van der Waals surface area contributed by atoms with Crippen LogP contribution < -0.4 is 5.73 Å². The number of hydrogen-bond acceptors (Lipinski definition) is 7. The summed E-state index contributed by atoms with van der Waals surface area (Å²) < 4.78 is 2.44. The molecule has 0 aliphatic carbocycles. The lowest BCUT2D eigenvalue weighted by atomic mass is 10.5. The normalized spacial score (nSPS) is 10.7. The summed E-state index contributed by atoms with van der Waals surface area (Å²) in [4.78, 5) is 16.7. The highest BCUT2D eigenvalue weighted by Gasteiger charge is 2.08. The summed E-state index contributed by atoms with van der Waals surface area (Å²) in [5.74, 6) is 0.521. The van der Waals surface area contributed by atoms with E-state index in [4.69, 9.17) is 5.73 Å². The highest BCUT2D eigenvalue weighted by molar-refractivity contribution is 9.10. The SMILES string of the molecule is Nc1nc(Sc2ccc(Br)cn2)nc(-n2cccn2)n1. The van der Waals surface area contributed by atoms with Gasteiger partial charge < -0.3 is 5.73 Å². The Balaban J connectivity index is 1.92. The van der Waals surface area contributed by atoms with Gasteiger partial charge in [-0.3, -0.25) is 0 Å². The molecule has 0 amide bonds. The van der Waals surface area contributed by atoms with E-state index in [0.29, 0.717) is 11.1 Å². The van der Waals surface area contributed by atoms with Crippen molar-refractivity contribution >= 4 is 33.6 Å². The Morgan fingerprint density at radius 3 is 2.80 bits per heavy atom. The topological polar surface area (TPSA) is 95.4 Å². The first-order valence-corrected chi connectivity index (χ1v) is 7.12. The average molecular weight is 350 g/mol. The number of nitrogens with two attached hydrogens (primary N) is 1. The summed E-state index contributed by atoms with van der Waals surface area (Å²) >= 11 is 4.64. The van der Waals surface area contributed by atoms with Gasteiger partial charge in [-0.25, -0.2) is 9.67 Å². The van der Waals surface area contributed by atoms with Crippen LogP contribution >= 0.6 is 27.7 Å². The van der Waals surface area contributed by atoms with Crippen molar-refractivity contribution in [2.24, 2.45) is 0 Å². The Kier molecular flexibility index (Phi) is 3.61. The first-order chi connectivity index (χ1) is 9.70. The van der Waals surface area contributed by atoms with Crippen LogP contribution in [0, 0.1) is 0 Å². The zero-order chi connectivity index (χ0) is 13.9. The molecule has 0 aliphatic rings. The van der Waals surface area contributed by atoms with E-state index in [2.05, 4.69) is 41.0 Å². The number of halogens is 1. The van der Waals surface area contributed by atoms with Crippen LogP contribution in [0.25, 0.3) is 5.95 Å². The van der Waals surface area contributed by atoms with Crippen LogP contribution in [-0.2, 0) is 0 Å². The van der Waals surface area contributed by atoms with E-state index < -0.39 is 0 Å². The van der Waals surface area contributed by atoms with Gasteiger partial charge in [-0.15, -0.1) is 0 Å². The van der Waals surface area contributed by atoms with Gasteiger partial charge in [0, 0.05) is 23.1 Å². The minimum Gasteiger partial charge on any atom is -0.368 e. The molecule has 0 unspecified atom stereocenters. The molecule has 0 aromatic carbocycles. The molecule has 3 rings (SSSR count). The van der Waals surface area contributed by atoms with Crippen LogP contribution in [0.4, 0.5) is 5.95 Å². The van der Waals surface area contributed by atoms with Crippen LogP contribution in [0.15, 0.2) is 51.4 Å². The first-order valence-electron chi connectivity index (χ1n) is 5.52. The summed E-state index contributed by atoms with van der Waals surface area (Å²) in [7, 11) is 0. The van der Waals surface area contributed by atoms with Crippen molar-refractivity contribution in [3.8, 4) is 5.95 Å². The molecule has 0 radical (unpaired) electrons. The quantitative estimate of drug-likeness (QED) is 0.771. The summed E-state index contributed by atoms with van der Waals surface area (Å²) in [6.07, 6.45) is 5.09. The summed E-state index contributed by atoms with van der Waals surface area (Å²) in [5.41, 5.74) is 5.70. The Hall–Kier alpha value is -2.00. The lowest BCUT2D eigenvalue weighted by Gasteiger charge is -2.04. The number of nitrogen functional groups attached to an aromatic ring is 1. The Morgan fingerprint density at radius 2 is 2.10 bits per heavy atom. The van der Waals surface area contributed by atoms with Crippen LogP contribution in [-0.4, -0.2) is 29.7 Å². The van der Waals surface area contributed by atoms with Gasteiger partial charge in [-0.1, -0.05) is 0 Å². The third kappa shape index (κ3) is 2.94. The van der Waals surface area contributed by atoms with Gasteiger partial charge in [0.25, 0.3) is 5.95 Å². The van der Waals surface area contributed by atoms with E-state index in [1.54, 1.807) is 24.7 Å². The number of anilines is 1. The summed E-state index contributed by atoms with van der Waals surface area (Å²) in [5, 5.41) is 5.30. The maximum atomic E-state index is 5.70. The molecule has 9 heteroatoms. The molecule has 0 aliphatic heterocycles. The summed E-state index contributed by atoms with van der Waals surface area (Å²) in [6, 6.07) is 5.54. The van der Waals surface area contributed by atoms with Gasteiger partial charge in [0.2, 0.25) is 11.1 Å². The molecule has 2 N–H and O–H groups in total. The molecular weight excluding hydrogens is 342 g/mol. The third-order valence-electron chi connectivity index (χ3n) is 2.23. The predicted molar refractivity (Wildman–Crippen MR) is 77.4 cm³/mol. The maximum absolute atomic E-state index is 5.70. The molecule has 3 aromatic rings. The molecule has 100 valence electrons. The summed E-state index contributed by atoms with van der Waals surface area (Å²) in [6.45, 7) is 0. The molecule has 7 nitrogen and oxygen atoms in total. The van der Waals surface area contributed by atoms with E-state index in [9.17, 15) is 0 Å². The van der Waals surface area contributed by atoms with Crippen LogP contribution in [0.2, 0.25) is 0 Å². The van der Waals surface area contributed by atoms with Gasteiger partial charge in [0.15, 0.2) is 0 Å². The molecular formula is C11H8BrN7S. The highest BCUT2D eigenvalue weighted by atomic mass is 79.9. The van der Waals surface area contributed by atoms with E-state index >= 15 is 0 Å². The van der Waals surface area contributed by atoms with Gasteiger partial charge in [0.1, 0.15) is 5.03 Å². The zero-order valence-corrected chi connectivity index (χ0v) is 12.4. The fourth-order valence-corrected chi connectivity index (χ4v) is 2.34. The fraction of sp³-hybridized carbons (Fsp3) is 0. The van der Waals surface area contributed by atoms with E-state index in [-0.39, 0.29) is 5.95 Å². The van der Waals surface area contributed by atoms with E-state index in [1.165, 1.54) is 16.4 Å². The second-order valence-electron chi connectivity index (χ2n) is 3.64. The molecule has 0 fully saturated rings. The Bertz CT molecular complexity index is 714. The smallest absolute Gasteiger partial charge is 0.256 e. The van der Waals surface area contributed by atoms with Crippen LogP contribution in [0.5, 0.6) is 0 Å². The van der Waals surface area contributed by atoms with Gasteiger partial charge in [-0.05, 0) is 45.9 Å². The minimum absolute atomic E-state index is 0.144. The van der Waals surface area contributed by atoms with Crippen LogP contribution in [0.1, 0.15) is 0 Å². The van der Waals surface area contributed by atoms with Crippen molar-refractivity contribution in [1.82, 2.24) is 29.7 Å². The van der Waals surface area contributed by atoms with E-state index in [0.717, 1.165) is 9.50 Å². The third-order valence-corrected chi connectivity index (χ3v) is 3.51. The molecule has 0 bridgehead atoms. The molecule has 20 heavy (non-hydrogen) atoms. The molecule has 0 spiro atoms. The van der Waals surface area contributed by atoms with Crippen molar-refractivity contribution < 1.29 is 0 Å². The second-order valence-corrected chi connectivity index (χ2v) is 5.55. The fourth-order valence-electron chi connectivity index (χ4n) is 1.41. The van der Waals surface area contributed by atoms with Gasteiger partial charge in [-0.2, -0.15) is 20.1 Å². The van der Waals surface area contributed by atoms with Crippen molar-refractivity contribution in [2.75, 3.05) is 5.73 Å². The lowest BCUT2D eigenvalue weighted by Crippen LogP contribution is -2.07. The maximum Gasteiger partial charge on any atom is 0.256 e. The first kappa shape index (κ1) is 13.0. The van der Waals surface area contributed by atoms with Gasteiger partial charge >= 0.3 is 0 Å². The number of rotatable bonds is 3. The molecule has 3 heterocycles. The number of aromatic nitrogens is 6. The van der Waals surface area contributed by atoms with Gasteiger partial charge in [0.05, 0.1) is 0 Å². The van der Waals surface area contributed by atoms with Crippen LogP contribution in [0.3, 0.4) is 0 Å². The largest absolute Gasteiger partial charge is 0.368 e. The number of pyridine rings is 1. The molecule has 0 saturated heterocycles. The highest BCUT2D eigenvalue weighted by Crippen LogP contribution is 2.24.